The van der Waals surface area contributed by atoms with Crippen LogP contribution in [0.4, 0.5) is 4.79 Å². The zero-order valence-electron chi connectivity index (χ0n) is 8.43. The van der Waals surface area contributed by atoms with Crippen LogP contribution in [0.3, 0.4) is 0 Å². The zero-order valence-corrected chi connectivity index (χ0v) is 8.43. The lowest BCUT2D eigenvalue weighted by Gasteiger charge is -2.23. The van der Waals surface area contributed by atoms with Crippen molar-refractivity contribution < 1.29 is 23.9 Å². The first-order valence-electron chi connectivity index (χ1n) is 4.31. The van der Waals surface area contributed by atoms with Gasteiger partial charge in [-0.25, -0.2) is 9.69 Å². The molecule has 7 heteroatoms. The number of hydrogen-bond donors (Lipinski definition) is 1. The highest BCUT2D eigenvalue weighted by Crippen LogP contribution is 2.12. The highest BCUT2D eigenvalue weighted by Gasteiger charge is 2.39. The third-order valence-corrected chi connectivity index (χ3v) is 2.18. The first kappa shape index (κ1) is 11.4. The maximum absolute atomic E-state index is 11.2. The molecule has 0 aliphatic carbocycles. The van der Waals surface area contributed by atoms with Gasteiger partial charge in [-0.3, -0.25) is 9.59 Å². The van der Waals surface area contributed by atoms with E-state index in [1.54, 1.807) is 0 Å². The summed E-state index contributed by atoms with van der Waals surface area (Å²) in [4.78, 5) is 34.2. The fourth-order valence-electron chi connectivity index (χ4n) is 1.25. The lowest BCUT2D eigenvalue weighted by Crippen LogP contribution is -2.52. The molecule has 2 atom stereocenters. The van der Waals surface area contributed by atoms with Gasteiger partial charge in [0.25, 0.3) is 5.91 Å². The zero-order chi connectivity index (χ0) is 11.6. The van der Waals surface area contributed by atoms with Crippen LogP contribution in [0.2, 0.25) is 0 Å². The summed E-state index contributed by atoms with van der Waals surface area (Å²) in [5, 5.41) is 0. The van der Waals surface area contributed by atoms with Crippen molar-refractivity contribution >= 4 is 18.0 Å². The largest absolute Gasteiger partial charge is 0.468 e. The Labute approximate surface area is 86.1 Å². The van der Waals surface area contributed by atoms with Crippen LogP contribution in [0.5, 0.6) is 0 Å². The highest BCUT2D eigenvalue weighted by atomic mass is 16.6. The molecule has 1 fully saturated rings. The van der Waals surface area contributed by atoms with E-state index in [1.165, 1.54) is 14.0 Å². The summed E-state index contributed by atoms with van der Waals surface area (Å²) in [7, 11) is 1.18. The first-order chi connectivity index (χ1) is 6.99. The topological polar surface area (TPSA) is 98.9 Å². The van der Waals surface area contributed by atoms with Crippen LogP contribution in [0.25, 0.3) is 0 Å². The SMILES string of the molecule is COC(=O)[C@@H](N)[C@@H](C)N1C(=O)COC1=O. The molecule has 0 spiro atoms. The van der Waals surface area contributed by atoms with Crippen molar-refractivity contribution in [2.24, 2.45) is 5.73 Å². The molecule has 1 aliphatic rings. The maximum Gasteiger partial charge on any atom is 0.417 e. The molecule has 1 rings (SSSR count). The van der Waals surface area contributed by atoms with Crippen molar-refractivity contribution in [3.8, 4) is 0 Å². The summed E-state index contributed by atoms with van der Waals surface area (Å²) < 4.78 is 8.90. The molecule has 0 aromatic carbocycles. The Hall–Kier alpha value is -1.63. The molecule has 0 aromatic heterocycles. The third kappa shape index (κ3) is 2.07. The Kier molecular flexibility index (Phi) is 3.25. The van der Waals surface area contributed by atoms with E-state index in [2.05, 4.69) is 9.47 Å². The number of esters is 1. The number of hydrogen-bond acceptors (Lipinski definition) is 6. The number of nitrogens with two attached hydrogens (primary N) is 1. The van der Waals surface area contributed by atoms with E-state index in [-0.39, 0.29) is 6.61 Å². The Balaban J connectivity index is 2.75. The summed E-state index contributed by atoms with van der Waals surface area (Å²) in [5.74, 6) is -1.19. The second-order valence-electron chi connectivity index (χ2n) is 3.11. The second-order valence-corrected chi connectivity index (χ2v) is 3.11. The van der Waals surface area contributed by atoms with Crippen LogP contribution < -0.4 is 5.73 Å². The minimum Gasteiger partial charge on any atom is -0.468 e. The van der Waals surface area contributed by atoms with Crippen LogP contribution >= 0.6 is 0 Å². The standard InChI is InChI=1S/C8H12N2O5/c1-4(6(9)7(12)14-2)10-5(11)3-15-8(10)13/h4,6H,3,9H2,1-2H3/t4-,6+/m1/s1. The fourth-order valence-corrected chi connectivity index (χ4v) is 1.25. The number of methoxy groups -OCH3 is 1. The molecule has 0 radical (unpaired) electrons. The van der Waals surface area contributed by atoms with Crippen LogP contribution in [0, 0.1) is 0 Å². The third-order valence-electron chi connectivity index (χ3n) is 2.18. The van der Waals surface area contributed by atoms with Gasteiger partial charge >= 0.3 is 12.1 Å². The molecular weight excluding hydrogens is 204 g/mol. The van der Waals surface area contributed by atoms with Gasteiger partial charge in [0.1, 0.15) is 6.04 Å². The van der Waals surface area contributed by atoms with Crippen molar-refractivity contribution in [1.29, 1.82) is 0 Å². The predicted molar refractivity (Wildman–Crippen MR) is 47.6 cm³/mol. The van der Waals surface area contributed by atoms with Gasteiger partial charge in [-0.2, -0.15) is 0 Å². The molecule has 0 aromatic rings. The van der Waals surface area contributed by atoms with Crippen LogP contribution in [0.1, 0.15) is 6.92 Å². The first-order valence-corrected chi connectivity index (χ1v) is 4.31. The Morgan fingerprint density at radius 3 is 2.60 bits per heavy atom. The van der Waals surface area contributed by atoms with Gasteiger partial charge in [0.05, 0.1) is 13.2 Å². The van der Waals surface area contributed by atoms with Crippen molar-refractivity contribution in [3.05, 3.63) is 0 Å². The summed E-state index contributed by atoms with van der Waals surface area (Å²) in [5.41, 5.74) is 5.50. The van der Waals surface area contributed by atoms with Crippen LogP contribution in [0.15, 0.2) is 0 Å². The van der Waals surface area contributed by atoms with E-state index in [0.717, 1.165) is 4.90 Å². The Bertz CT molecular complexity index is 287. The van der Waals surface area contributed by atoms with Gasteiger partial charge in [-0.1, -0.05) is 0 Å². The average Bonchev–Trinajstić information content (AvgIpc) is 2.55. The summed E-state index contributed by atoms with van der Waals surface area (Å²) in [6, 6.07) is -1.84. The molecule has 1 saturated heterocycles. The monoisotopic (exact) mass is 216 g/mol. The van der Waals surface area contributed by atoms with Gasteiger partial charge in [-0.05, 0) is 6.92 Å². The lowest BCUT2D eigenvalue weighted by atomic mass is 10.1. The number of nitrogens with zero attached hydrogens (tertiary/aromatic N) is 1. The van der Waals surface area contributed by atoms with Crippen LogP contribution in [-0.2, 0) is 19.1 Å². The molecule has 1 heterocycles. The van der Waals surface area contributed by atoms with Gasteiger partial charge in [0.2, 0.25) is 0 Å². The van der Waals surface area contributed by atoms with Gasteiger partial charge in [-0.15, -0.1) is 0 Å². The van der Waals surface area contributed by atoms with Crippen LogP contribution in [-0.4, -0.2) is 48.7 Å². The van der Waals surface area contributed by atoms with Gasteiger partial charge in [0, 0.05) is 0 Å². The molecule has 0 saturated carbocycles. The van der Waals surface area contributed by atoms with Crippen molar-refractivity contribution in [2.45, 2.75) is 19.0 Å². The summed E-state index contributed by atoms with van der Waals surface area (Å²) >= 11 is 0. The summed E-state index contributed by atoms with van der Waals surface area (Å²) in [6.45, 7) is 1.17. The molecule has 0 unspecified atom stereocenters. The van der Waals surface area contributed by atoms with Crippen molar-refractivity contribution in [3.63, 3.8) is 0 Å². The predicted octanol–water partition coefficient (Wildman–Crippen LogP) is -1.15. The van der Waals surface area contributed by atoms with Crippen molar-refractivity contribution in [1.82, 2.24) is 4.90 Å². The Morgan fingerprint density at radius 2 is 2.20 bits per heavy atom. The molecule has 15 heavy (non-hydrogen) atoms. The molecule has 84 valence electrons. The van der Waals surface area contributed by atoms with E-state index in [1.807, 2.05) is 0 Å². The highest BCUT2D eigenvalue weighted by molar-refractivity contribution is 5.98. The molecule has 2 N–H and O–H groups in total. The minimum atomic E-state index is -1.07. The maximum atomic E-state index is 11.2. The Morgan fingerprint density at radius 1 is 1.60 bits per heavy atom. The van der Waals surface area contributed by atoms with E-state index in [4.69, 9.17) is 5.73 Å². The van der Waals surface area contributed by atoms with E-state index >= 15 is 0 Å². The molecule has 0 bridgehead atoms. The molecule has 1 aliphatic heterocycles. The summed E-state index contributed by atoms with van der Waals surface area (Å²) in [6.07, 6.45) is -0.785. The van der Waals surface area contributed by atoms with E-state index < -0.39 is 30.1 Å². The quantitative estimate of drug-likeness (QED) is 0.598. The minimum absolute atomic E-state index is 0.308. The number of carbonyl (C=O) groups excluding carboxylic acids is 3. The second kappa shape index (κ2) is 4.26. The smallest absolute Gasteiger partial charge is 0.417 e. The lowest BCUT2D eigenvalue weighted by molar-refractivity contribution is -0.144. The van der Waals surface area contributed by atoms with E-state index in [9.17, 15) is 14.4 Å². The molecule has 2 amide bonds. The van der Waals surface area contributed by atoms with Gasteiger partial charge in [0.15, 0.2) is 6.61 Å². The number of carbonyl (C=O) groups is 3. The molecule has 7 nitrogen and oxygen atoms in total. The normalized spacial score (nSPS) is 19.8. The number of cyclic esters (lactones) is 1. The number of amides is 2. The van der Waals surface area contributed by atoms with E-state index in [0.29, 0.717) is 0 Å². The number of imide groups is 1. The van der Waals surface area contributed by atoms with Crippen molar-refractivity contribution in [2.75, 3.05) is 13.7 Å². The number of ether oxygens (including phenoxy) is 2. The number of rotatable bonds is 3. The van der Waals surface area contributed by atoms with Gasteiger partial charge < -0.3 is 15.2 Å². The fraction of sp³-hybridized carbons (Fsp3) is 0.625. The molecular formula is C8H12N2O5. The average molecular weight is 216 g/mol.